The van der Waals surface area contributed by atoms with Crippen molar-refractivity contribution >= 4 is 22.8 Å². The Balaban J connectivity index is 1.55. The smallest absolute Gasteiger partial charge is 0.336 e. The van der Waals surface area contributed by atoms with Crippen LogP contribution in [-0.4, -0.2) is 23.1 Å². The number of ether oxygens (including phenoxy) is 1. The maximum absolute atomic E-state index is 12.6. The third kappa shape index (κ3) is 4.93. The number of hydrogen-bond donors (Lipinski definition) is 2. The summed E-state index contributed by atoms with van der Waals surface area (Å²) in [6, 6.07) is 23.1. The first-order chi connectivity index (χ1) is 15.9. The Hall–Kier alpha value is -4.39. The van der Waals surface area contributed by atoms with Crippen LogP contribution in [0.4, 0.5) is 0 Å². The van der Waals surface area contributed by atoms with Gasteiger partial charge < -0.3 is 19.6 Å². The molecule has 4 rings (SSSR count). The number of benzene rings is 3. The second-order valence-corrected chi connectivity index (χ2v) is 7.45. The van der Waals surface area contributed by atoms with Crippen LogP contribution < -0.4 is 15.7 Å². The summed E-state index contributed by atoms with van der Waals surface area (Å²) in [6.45, 7) is 1.51. The van der Waals surface area contributed by atoms with Gasteiger partial charge in [0.15, 0.2) is 12.1 Å². The van der Waals surface area contributed by atoms with Gasteiger partial charge in [-0.05, 0) is 35.7 Å². The minimum Gasteiger partial charge on any atom is -0.481 e. The fourth-order valence-electron chi connectivity index (χ4n) is 3.52. The van der Waals surface area contributed by atoms with Crippen LogP contribution in [0.2, 0.25) is 0 Å². The summed E-state index contributed by atoms with van der Waals surface area (Å²) >= 11 is 0. The molecule has 7 heteroatoms. The van der Waals surface area contributed by atoms with Gasteiger partial charge in [0, 0.05) is 17.5 Å². The average Bonchev–Trinajstić information content (AvgIpc) is 2.82. The van der Waals surface area contributed by atoms with E-state index in [1.54, 1.807) is 48.5 Å². The Morgan fingerprint density at radius 1 is 0.939 bits per heavy atom. The average molecular weight is 443 g/mol. The van der Waals surface area contributed by atoms with Crippen molar-refractivity contribution in [3.63, 3.8) is 0 Å². The minimum atomic E-state index is -1.20. The van der Waals surface area contributed by atoms with Gasteiger partial charge >= 0.3 is 11.6 Å². The Labute approximate surface area is 189 Å². The van der Waals surface area contributed by atoms with Crippen molar-refractivity contribution in [1.29, 1.82) is 0 Å². The summed E-state index contributed by atoms with van der Waals surface area (Å²) in [6.07, 6.45) is -0.989. The number of fused-ring (bicyclic) bond motifs is 1. The van der Waals surface area contributed by atoms with E-state index in [0.29, 0.717) is 16.9 Å². The van der Waals surface area contributed by atoms with E-state index in [1.807, 2.05) is 30.3 Å². The standard InChI is InChI=1S/C26H21NO6/c1-16(25(29)27-24(26(30)31)18-10-6-3-7-11-18)32-19-12-13-20-21(17-8-4-2-5-9-17)15-23(28)33-22(20)14-19/h2-16,24H,1H3,(H,27,29)(H,30,31)/t16-,24-/m0/s1. The second-order valence-electron chi connectivity index (χ2n) is 7.45. The summed E-state index contributed by atoms with van der Waals surface area (Å²) in [7, 11) is 0. The van der Waals surface area contributed by atoms with Gasteiger partial charge in [-0.2, -0.15) is 0 Å². The molecule has 0 radical (unpaired) electrons. The zero-order valence-electron chi connectivity index (χ0n) is 17.7. The number of carbonyl (C=O) groups is 2. The van der Waals surface area contributed by atoms with Gasteiger partial charge in [-0.1, -0.05) is 60.7 Å². The quantitative estimate of drug-likeness (QED) is 0.415. The van der Waals surface area contributed by atoms with E-state index in [2.05, 4.69) is 5.32 Å². The third-order valence-corrected chi connectivity index (χ3v) is 5.15. The van der Waals surface area contributed by atoms with Gasteiger partial charge in [0.25, 0.3) is 5.91 Å². The first-order valence-corrected chi connectivity index (χ1v) is 10.3. The van der Waals surface area contributed by atoms with E-state index in [1.165, 1.54) is 13.0 Å². The van der Waals surface area contributed by atoms with Gasteiger partial charge in [-0.3, -0.25) is 4.79 Å². The molecule has 2 atom stereocenters. The van der Waals surface area contributed by atoms with Crippen LogP contribution in [-0.2, 0) is 9.59 Å². The highest BCUT2D eigenvalue weighted by molar-refractivity contribution is 5.94. The molecule has 33 heavy (non-hydrogen) atoms. The zero-order valence-corrected chi connectivity index (χ0v) is 17.7. The number of hydrogen-bond acceptors (Lipinski definition) is 5. The molecule has 1 aromatic heterocycles. The minimum absolute atomic E-state index is 0.310. The highest BCUT2D eigenvalue weighted by Gasteiger charge is 2.25. The Bertz CT molecular complexity index is 1350. The van der Waals surface area contributed by atoms with Crippen LogP contribution in [0.25, 0.3) is 22.1 Å². The summed E-state index contributed by atoms with van der Waals surface area (Å²) < 4.78 is 11.1. The molecule has 7 nitrogen and oxygen atoms in total. The molecule has 2 N–H and O–H groups in total. The molecule has 0 fully saturated rings. The van der Waals surface area contributed by atoms with Crippen molar-refractivity contribution in [2.45, 2.75) is 19.1 Å². The molecule has 0 saturated carbocycles. The summed E-state index contributed by atoms with van der Waals surface area (Å²) in [4.78, 5) is 36.4. The van der Waals surface area contributed by atoms with Crippen LogP contribution >= 0.6 is 0 Å². The van der Waals surface area contributed by atoms with Gasteiger partial charge in [-0.15, -0.1) is 0 Å². The number of amides is 1. The molecule has 0 aliphatic carbocycles. The maximum Gasteiger partial charge on any atom is 0.336 e. The number of carboxylic acid groups (broad SMARTS) is 1. The van der Waals surface area contributed by atoms with Gasteiger partial charge in [0.2, 0.25) is 0 Å². The molecule has 1 amide bonds. The van der Waals surface area contributed by atoms with E-state index in [-0.39, 0.29) is 0 Å². The monoisotopic (exact) mass is 443 g/mol. The molecule has 0 bridgehead atoms. The van der Waals surface area contributed by atoms with Crippen molar-refractivity contribution in [2.24, 2.45) is 0 Å². The largest absolute Gasteiger partial charge is 0.481 e. The molecule has 0 saturated heterocycles. The predicted molar refractivity (Wildman–Crippen MR) is 123 cm³/mol. The topological polar surface area (TPSA) is 106 Å². The Kier molecular flexibility index (Phi) is 6.22. The van der Waals surface area contributed by atoms with Crippen molar-refractivity contribution in [3.05, 3.63) is 101 Å². The molecular formula is C26H21NO6. The summed E-state index contributed by atoms with van der Waals surface area (Å²) in [5.74, 6) is -1.46. The predicted octanol–water partition coefficient (Wildman–Crippen LogP) is 4.17. The summed E-state index contributed by atoms with van der Waals surface area (Å²) in [5, 5.41) is 12.7. The van der Waals surface area contributed by atoms with E-state index in [4.69, 9.17) is 9.15 Å². The molecular weight excluding hydrogens is 422 g/mol. The highest BCUT2D eigenvalue weighted by atomic mass is 16.5. The van der Waals surface area contributed by atoms with Gasteiger partial charge in [0.1, 0.15) is 11.3 Å². The first-order valence-electron chi connectivity index (χ1n) is 10.3. The summed E-state index contributed by atoms with van der Waals surface area (Å²) in [5.41, 5.74) is 1.87. The van der Waals surface area contributed by atoms with E-state index in [9.17, 15) is 19.5 Å². The zero-order chi connectivity index (χ0) is 23.4. The number of aliphatic carboxylic acids is 1. The first kappa shape index (κ1) is 21.8. The molecule has 4 aromatic rings. The SMILES string of the molecule is C[C@H](Oc1ccc2c(-c3ccccc3)cc(=O)oc2c1)C(=O)N[C@H](C(=O)O)c1ccccc1. The van der Waals surface area contributed by atoms with E-state index in [0.717, 1.165) is 16.5 Å². The lowest BCUT2D eigenvalue weighted by molar-refractivity contribution is -0.143. The fraction of sp³-hybridized carbons (Fsp3) is 0.115. The lowest BCUT2D eigenvalue weighted by Crippen LogP contribution is -2.41. The fourth-order valence-corrected chi connectivity index (χ4v) is 3.52. The molecule has 0 unspecified atom stereocenters. The van der Waals surface area contributed by atoms with Crippen LogP contribution in [0.3, 0.4) is 0 Å². The number of nitrogens with one attached hydrogen (secondary N) is 1. The third-order valence-electron chi connectivity index (χ3n) is 5.15. The maximum atomic E-state index is 12.6. The lowest BCUT2D eigenvalue weighted by atomic mass is 10.0. The normalized spacial score (nSPS) is 12.6. The van der Waals surface area contributed by atoms with E-state index >= 15 is 0 Å². The molecule has 3 aromatic carbocycles. The van der Waals surface area contributed by atoms with Crippen LogP contribution in [0.1, 0.15) is 18.5 Å². The van der Waals surface area contributed by atoms with Gasteiger partial charge in [-0.25, -0.2) is 9.59 Å². The van der Waals surface area contributed by atoms with E-state index < -0.39 is 29.6 Å². The lowest BCUT2D eigenvalue weighted by Gasteiger charge is -2.19. The van der Waals surface area contributed by atoms with Crippen LogP contribution in [0.5, 0.6) is 5.75 Å². The molecule has 0 spiro atoms. The number of rotatable bonds is 7. The second kappa shape index (κ2) is 9.40. The van der Waals surface area contributed by atoms with Crippen molar-refractivity contribution in [3.8, 4) is 16.9 Å². The highest BCUT2D eigenvalue weighted by Crippen LogP contribution is 2.30. The van der Waals surface area contributed by atoms with Crippen molar-refractivity contribution in [2.75, 3.05) is 0 Å². The molecule has 0 aliphatic heterocycles. The molecule has 166 valence electrons. The van der Waals surface area contributed by atoms with Gasteiger partial charge in [0.05, 0.1) is 0 Å². The number of carbonyl (C=O) groups excluding carboxylic acids is 1. The number of carboxylic acids is 1. The van der Waals surface area contributed by atoms with Crippen molar-refractivity contribution in [1.82, 2.24) is 5.32 Å². The molecule has 0 aliphatic rings. The van der Waals surface area contributed by atoms with Crippen LogP contribution in [0, 0.1) is 0 Å². The Morgan fingerprint density at radius 2 is 1.61 bits per heavy atom. The van der Waals surface area contributed by atoms with Crippen molar-refractivity contribution < 1.29 is 23.8 Å². The van der Waals surface area contributed by atoms with Crippen LogP contribution in [0.15, 0.2) is 94.1 Å². The molecule has 1 heterocycles. The Morgan fingerprint density at radius 3 is 2.27 bits per heavy atom.